The Balaban J connectivity index is 2.65. The number of para-hydroxylation sites is 1. The number of carbonyl (C=O) groups excluding carboxylic acids is 2. The fourth-order valence-electron chi connectivity index (χ4n) is 1.30. The maximum Gasteiger partial charge on any atom is 0.412 e. The first-order valence-corrected chi connectivity index (χ1v) is 7.16. The van der Waals surface area contributed by atoms with Gasteiger partial charge < -0.3 is 15.4 Å². The molecule has 0 radical (unpaired) electrons. The highest BCUT2D eigenvalue weighted by Crippen LogP contribution is 2.17. The van der Waals surface area contributed by atoms with Crippen LogP contribution in [-0.4, -0.2) is 44.3 Å². The molecule has 0 atom stereocenters. The van der Waals surface area contributed by atoms with E-state index in [1.165, 1.54) is 19.2 Å². The van der Waals surface area contributed by atoms with E-state index < -0.39 is 27.9 Å². The summed E-state index contributed by atoms with van der Waals surface area (Å²) in [5, 5.41) is 4.53. The monoisotopic (exact) mass is 302 g/mol. The molecular weight excluding hydrogens is 288 g/mol. The van der Waals surface area contributed by atoms with Crippen molar-refractivity contribution in [2.75, 3.05) is 19.3 Å². The van der Waals surface area contributed by atoms with Crippen LogP contribution in [0.4, 0.5) is 4.79 Å². The molecule has 9 heteroatoms. The minimum Gasteiger partial charge on any atom is -0.409 e. The highest BCUT2D eigenvalue weighted by Gasteiger charge is 2.14. The standard InChI is InChI=1S/C11H14N2O6S/c1-12-10(14)8-4-2-3-5-9(8)19-11(15)13-6-7-20(16,17)18/h2-5H,6-7H2,1H3,(H,12,14)(H,13,15)(H,16,17,18). The van der Waals surface area contributed by atoms with Crippen LogP contribution in [-0.2, 0) is 10.1 Å². The van der Waals surface area contributed by atoms with Crippen molar-refractivity contribution in [1.82, 2.24) is 10.6 Å². The van der Waals surface area contributed by atoms with Crippen LogP contribution >= 0.6 is 0 Å². The Kier molecular flexibility index (Phi) is 5.47. The molecular formula is C11H14N2O6S. The van der Waals surface area contributed by atoms with Gasteiger partial charge in [0.1, 0.15) is 5.75 Å². The lowest BCUT2D eigenvalue weighted by Gasteiger charge is -2.09. The number of amides is 2. The number of hydrogen-bond donors (Lipinski definition) is 3. The summed E-state index contributed by atoms with van der Waals surface area (Å²) in [6.07, 6.45) is -0.926. The minimum atomic E-state index is -4.15. The van der Waals surface area contributed by atoms with E-state index in [-0.39, 0.29) is 17.9 Å². The van der Waals surface area contributed by atoms with Crippen LogP contribution in [0.3, 0.4) is 0 Å². The topological polar surface area (TPSA) is 122 Å². The largest absolute Gasteiger partial charge is 0.412 e. The molecule has 0 aliphatic carbocycles. The smallest absolute Gasteiger partial charge is 0.409 e. The van der Waals surface area contributed by atoms with Gasteiger partial charge in [0.15, 0.2) is 0 Å². The van der Waals surface area contributed by atoms with E-state index in [2.05, 4.69) is 10.6 Å². The molecule has 0 bridgehead atoms. The van der Waals surface area contributed by atoms with Gasteiger partial charge in [-0.25, -0.2) is 4.79 Å². The normalized spacial score (nSPS) is 10.7. The van der Waals surface area contributed by atoms with Gasteiger partial charge in [-0.3, -0.25) is 9.35 Å². The quantitative estimate of drug-likeness (QED) is 0.659. The van der Waals surface area contributed by atoms with Crippen molar-refractivity contribution in [2.45, 2.75) is 0 Å². The Labute approximate surface area is 115 Å². The van der Waals surface area contributed by atoms with Crippen molar-refractivity contribution in [3.63, 3.8) is 0 Å². The zero-order valence-electron chi connectivity index (χ0n) is 10.6. The van der Waals surface area contributed by atoms with Gasteiger partial charge in [0.25, 0.3) is 16.0 Å². The maximum absolute atomic E-state index is 11.5. The summed E-state index contributed by atoms with van der Waals surface area (Å²) in [4.78, 5) is 22.9. The molecule has 1 aromatic carbocycles. The summed E-state index contributed by atoms with van der Waals surface area (Å²) in [6.45, 7) is -0.306. The lowest BCUT2D eigenvalue weighted by molar-refractivity contribution is 0.0960. The molecule has 0 unspecified atom stereocenters. The predicted molar refractivity (Wildman–Crippen MR) is 70.3 cm³/mol. The number of nitrogens with one attached hydrogen (secondary N) is 2. The van der Waals surface area contributed by atoms with Crippen molar-refractivity contribution in [3.8, 4) is 5.75 Å². The Hall–Kier alpha value is -2.13. The van der Waals surface area contributed by atoms with Crippen LogP contribution in [0.5, 0.6) is 5.75 Å². The van der Waals surface area contributed by atoms with Crippen LogP contribution in [0.2, 0.25) is 0 Å². The lowest BCUT2D eigenvalue weighted by Crippen LogP contribution is -2.32. The Morgan fingerprint density at radius 1 is 1.30 bits per heavy atom. The van der Waals surface area contributed by atoms with E-state index in [1.54, 1.807) is 12.1 Å². The third kappa shape index (κ3) is 5.24. The minimum absolute atomic E-state index is 0.0382. The first-order valence-electron chi connectivity index (χ1n) is 5.55. The number of benzene rings is 1. The fourth-order valence-corrected chi connectivity index (χ4v) is 1.66. The number of ether oxygens (including phenoxy) is 1. The third-order valence-electron chi connectivity index (χ3n) is 2.19. The van der Waals surface area contributed by atoms with Gasteiger partial charge in [-0.2, -0.15) is 8.42 Å². The van der Waals surface area contributed by atoms with Crippen molar-refractivity contribution in [2.24, 2.45) is 0 Å². The van der Waals surface area contributed by atoms with Gasteiger partial charge >= 0.3 is 6.09 Å². The van der Waals surface area contributed by atoms with Crippen LogP contribution in [0.15, 0.2) is 24.3 Å². The van der Waals surface area contributed by atoms with Gasteiger partial charge in [0.05, 0.1) is 11.3 Å². The first kappa shape index (κ1) is 15.9. The Bertz CT molecular complexity index is 599. The van der Waals surface area contributed by atoms with Gasteiger partial charge in [0.2, 0.25) is 0 Å². The number of rotatable bonds is 5. The van der Waals surface area contributed by atoms with Crippen LogP contribution in [0, 0.1) is 0 Å². The summed E-state index contributed by atoms with van der Waals surface area (Å²) in [5.41, 5.74) is 0.167. The van der Waals surface area contributed by atoms with E-state index in [0.717, 1.165) is 0 Å². The molecule has 0 fully saturated rings. The van der Waals surface area contributed by atoms with E-state index in [1.807, 2.05) is 0 Å². The molecule has 0 aliphatic heterocycles. The molecule has 0 saturated carbocycles. The summed E-state index contributed by atoms with van der Waals surface area (Å²) >= 11 is 0. The first-order chi connectivity index (χ1) is 9.33. The second-order valence-electron chi connectivity index (χ2n) is 3.68. The van der Waals surface area contributed by atoms with Gasteiger partial charge in [0, 0.05) is 13.6 Å². The highest BCUT2D eigenvalue weighted by molar-refractivity contribution is 7.85. The highest BCUT2D eigenvalue weighted by atomic mass is 32.2. The van der Waals surface area contributed by atoms with Gasteiger partial charge in [-0.15, -0.1) is 0 Å². The zero-order chi connectivity index (χ0) is 15.2. The molecule has 0 aliphatic rings. The maximum atomic E-state index is 11.5. The van der Waals surface area contributed by atoms with E-state index >= 15 is 0 Å². The molecule has 3 N–H and O–H groups in total. The summed E-state index contributed by atoms with van der Waals surface area (Å²) < 4.78 is 34.3. The molecule has 0 saturated heterocycles. The van der Waals surface area contributed by atoms with E-state index in [9.17, 15) is 18.0 Å². The van der Waals surface area contributed by atoms with Crippen molar-refractivity contribution in [3.05, 3.63) is 29.8 Å². The SMILES string of the molecule is CNC(=O)c1ccccc1OC(=O)NCCS(=O)(=O)O. The molecule has 0 aromatic heterocycles. The lowest BCUT2D eigenvalue weighted by atomic mass is 10.2. The second kappa shape index (κ2) is 6.87. The Morgan fingerprint density at radius 2 is 1.95 bits per heavy atom. The molecule has 8 nitrogen and oxygen atoms in total. The average Bonchev–Trinajstić information content (AvgIpc) is 2.37. The van der Waals surface area contributed by atoms with Gasteiger partial charge in [-0.05, 0) is 12.1 Å². The fraction of sp³-hybridized carbons (Fsp3) is 0.273. The molecule has 2 amide bonds. The van der Waals surface area contributed by atoms with Crippen molar-refractivity contribution in [1.29, 1.82) is 0 Å². The molecule has 20 heavy (non-hydrogen) atoms. The second-order valence-corrected chi connectivity index (χ2v) is 5.25. The molecule has 0 heterocycles. The molecule has 0 spiro atoms. The summed E-state index contributed by atoms with van der Waals surface area (Å²) in [6, 6.07) is 6.08. The molecule has 110 valence electrons. The van der Waals surface area contributed by atoms with Crippen LogP contribution in [0.1, 0.15) is 10.4 Å². The third-order valence-corrected chi connectivity index (χ3v) is 2.91. The van der Waals surface area contributed by atoms with Crippen molar-refractivity contribution >= 4 is 22.1 Å². The number of hydrogen-bond acceptors (Lipinski definition) is 5. The van der Waals surface area contributed by atoms with Crippen LogP contribution < -0.4 is 15.4 Å². The van der Waals surface area contributed by atoms with Crippen molar-refractivity contribution < 1.29 is 27.3 Å². The molecule has 1 aromatic rings. The van der Waals surface area contributed by atoms with Gasteiger partial charge in [-0.1, -0.05) is 12.1 Å². The van der Waals surface area contributed by atoms with E-state index in [4.69, 9.17) is 9.29 Å². The van der Waals surface area contributed by atoms with Crippen LogP contribution in [0.25, 0.3) is 0 Å². The zero-order valence-corrected chi connectivity index (χ0v) is 11.4. The summed E-state index contributed by atoms with van der Waals surface area (Å²) in [5.74, 6) is -1.01. The predicted octanol–water partition coefficient (Wildman–Crippen LogP) is 0.0224. The summed E-state index contributed by atoms with van der Waals surface area (Å²) in [7, 11) is -2.72. The Morgan fingerprint density at radius 3 is 2.55 bits per heavy atom. The van der Waals surface area contributed by atoms with E-state index in [0.29, 0.717) is 0 Å². The average molecular weight is 302 g/mol. The molecule has 1 rings (SSSR count). The number of carbonyl (C=O) groups is 2.